The van der Waals surface area contributed by atoms with Crippen LogP contribution in [0.4, 0.5) is 0 Å². The van der Waals surface area contributed by atoms with Crippen LogP contribution in [0.15, 0.2) is 47.0 Å². The van der Waals surface area contributed by atoms with Crippen molar-refractivity contribution in [3.05, 3.63) is 48.2 Å². The lowest BCUT2D eigenvalue weighted by Crippen LogP contribution is -2.29. The third-order valence-electron chi connectivity index (χ3n) is 3.50. The van der Waals surface area contributed by atoms with Crippen LogP contribution in [-0.2, 0) is 4.79 Å². The molecule has 0 unspecified atom stereocenters. The molecule has 3 rings (SSSR count). The lowest BCUT2D eigenvalue weighted by atomic mass is 10.1. The Hall–Kier alpha value is -3.35. The number of nitrogens with one attached hydrogen (secondary N) is 1. The molecule has 7 heteroatoms. The second-order valence-corrected chi connectivity index (χ2v) is 5.23. The van der Waals surface area contributed by atoms with Gasteiger partial charge in [-0.25, -0.2) is 4.98 Å². The minimum atomic E-state index is -1.10. The molecule has 25 heavy (non-hydrogen) atoms. The van der Waals surface area contributed by atoms with Crippen molar-refractivity contribution in [2.75, 3.05) is 13.2 Å². The van der Waals surface area contributed by atoms with Crippen molar-refractivity contribution in [1.82, 2.24) is 10.3 Å². The maximum Gasteiger partial charge on any atom is 0.322 e. The number of furan rings is 1. The number of fused-ring (bicyclic) bond motifs is 1. The van der Waals surface area contributed by atoms with E-state index in [4.69, 9.17) is 14.3 Å². The van der Waals surface area contributed by atoms with Crippen molar-refractivity contribution < 1.29 is 23.8 Å². The van der Waals surface area contributed by atoms with Crippen molar-refractivity contribution >= 4 is 22.8 Å². The van der Waals surface area contributed by atoms with Gasteiger partial charge in [-0.05, 0) is 25.1 Å². The first-order valence-corrected chi connectivity index (χ1v) is 7.70. The van der Waals surface area contributed by atoms with E-state index in [0.717, 1.165) is 5.39 Å². The van der Waals surface area contributed by atoms with Crippen LogP contribution in [0.3, 0.4) is 0 Å². The zero-order chi connectivity index (χ0) is 17.8. The Morgan fingerprint density at radius 1 is 1.28 bits per heavy atom. The quantitative estimate of drug-likeness (QED) is 0.715. The predicted octanol–water partition coefficient (Wildman–Crippen LogP) is 2.71. The van der Waals surface area contributed by atoms with E-state index in [2.05, 4.69) is 10.3 Å². The van der Waals surface area contributed by atoms with Crippen LogP contribution in [-0.4, -0.2) is 35.1 Å². The fourth-order valence-electron chi connectivity index (χ4n) is 2.40. The maximum absolute atomic E-state index is 12.0. The summed E-state index contributed by atoms with van der Waals surface area (Å²) in [4.78, 5) is 26.8. The van der Waals surface area contributed by atoms with Crippen LogP contribution < -0.4 is 10.1 Å². The van der Waals surface area contributed by atoms with Gasteiger partial charge < -0.3 is 19.6 Å². The number of ether oxygens (including phenoxy) is 1. The first kappa shape index (κ1) is 16.5. The summed E-state index contributed by atoms with van der Waals surface area (Å²) in [7, 11) is 0. The fraction of sp³-hybridized carbons (Fsp3) is 0.167. The van der Waals surface area contributed by atoms with Gasteiger partial charge in [-0.2, -0.15) is 0 Å². The summed E-state index contributed by atoms with van der Waals surface area (Å²) in [5, 5.41) is 11.7. The highest BCUT2D eigenvalue weighted by atomic mass is 16.5. The number of carbonyl (C=O) groups excluding carboxylic acids is 1. The zero-order valence-electron chi connectivity index (χ0n) is 13.5. The van der Waals surface area contributed by atoms with Gasteiger partial charge in [0.1, 0.15) is 17.9 Å². The Balaban J connectivity index is 1.93. The third-order valence-corrected chi connectivity index (χ3v) is 3.50. The van der Waals surface area contributed by atoms with Gasteiger partial charge in [0, 0.05) is 23.4 Å². The Morgan fingerprint density at radius 3 is 2.88 bits per heavy atom. The molecule has 0 saturated carbocycles. The molecule has 0 saturated heterocycles. The van der Waals surface area contributed by atoms with Gasteiger partial charge in [0.15, 0.2) is 0 Å². The Morgan fingerprint density at radius 2 is 2.12 bits per heavy atom. The van der Waals surface area contributed by atoms with Crippen molar-refractivity contribution in [1.29, 1.82) is 0 Å². The first-order valence-electron chi connectivity index (χ1n) is 7.70. The number of rotatable bonds is 6. The van der Waals surface area contributed by atoms with Gasteiger partial charge in [-0.15, -0.1) is 0 Å². The molecule has 0 fully saturated rings. The van der Waals surface area contributed by atoms with Crippen LogP contribution in [0.5, 0.6) is 5.88 Å². The van der Waals surface area contributed by atoms with Gasteiger partial charge in [0.05, 0.1) is 12.0 Å². The molecule has 0 spiro atoms. The molecule has 2 heterocycles. The van der Waals surface area contributed by atoms with Crippen LogP contribution in [0.25, 0.3) is 22.3 Å². The summed E-state index contributed by atoms with van der Waals surface area (Å²) in [6.45, 7) is 1.93. The molecule has 0 aliphatic rings. The Labute approximate surface area is 143 Å². The molecule has 2 N–H and O–H groups in total. The van der Waals surface area contributed by atoms with Crippen molar-refractivity contribution in [2.45, 2.75) is 6.92 Å². The largest absolute Gasteiger partial charge is 0.480 e. The van der Waals surface area contributed by atoms with E-state index in [-0.39, 0.29) is 0 Å². The van der Waals surface area contributed by atoms with Crippen molar-refractivity contribution in [2.24, 2.45) is 0 Å². The van der Waals surface area contributed by atoms with E-state index in [9.17, 15) is 9.59 Å². The summed E-state index contributed by atoms with van der Waals surface area (Å²) >= 11 is 0. The highest BCUT2D eigenvalue weighted by molar-refractivity contribution is 5.97. The summed E-state index contributed by atoms with van der Waals surface area (Å²) in [6.07, 6.45) is 1.61. The van der Waals surface area contributed by atoms with Crippen LogP contribution >= 0.6 is 0 Å². The van der Waals surface area contributed by atoms with E-state index in [1.54, 1.807) is 36.5 Å². The monoisotopic (exact) mass is 340 g/mol. The van der Waals surface area contributed by atoms with Crippen LogP contribution in [0, 0.1) is 0 Å². The smallest absolute Gasteiger partial charge is 0.322 e. The topological polar surface area (TPSA) is 102 Å². The zero-order valence-corrected chi connectivity index (χ0v) is 13.5. The lowest BCUT2D eigenvalue weighted by molar-refractivity contribution is -0.135. The number of hydrogen-bond donors (Lipinski definition) is 2. The molecule has 0 aliphatic heterocycles. The normalized spacial score (nSPS) is 10.6. The molecule has 1 amide bonds. The van der Waals surface area contributed by atoms with Gasteiger partial charge in [-0.1, -0.05) is 12.1 Å². The predicted molar refractivity (Wildman–Crippen MR) is 90.6 cm³/mol. The van der Waals surface area contributed by atoms with E-state index in [1.165, 1.54) is 0 Å². The molecule has 1 aromatic carbocycles. The second-order valence-electron chi connectivity index (χ2n) is 5.23. The molecule has 0 bridgehead atoms. The van der Waals surface area contributed by atoms with Crippen LogP contribution in [0.2, 0.25) is 0 Å². The van der Waals surface area contributed by atoms with Gasteiger partial charge >= 0.3 is 5.97 Å². The maximum atomic E-state index is 12.0. The number of carbonyl (C=O) groups is 2. The average Bonchev–Trinajstić information content (AvgIpc) is 3.05. The highest BCUT2D eigenvalue weighted by Crippen LogP contribution is 2.32. The van der Waals surface area contributed by atoms with Gasteiger partial charge in [-0.3, -0.25) is 9.59 Å². The first-order chi connectivity index (χ1) is 12.1. The Bertz CT molecular complexity index is 932. The molecule has 0 radical (unpaired) electrons. The van der Waals surface area contributed by atoms with E-state index >= 15 is 0 Å². The molecule has 128 valence electrons. The van der Waals surface area contributed by atoms with E-state index < -0.39 is 18.4 Å². The minimum absolute atomic E-state index is 0.349. The standard InChI is InChI=1S/C18H16N2O5/c1-2-24-18-13-9-15(25-14(13)6-7-19-18)11-4-3-5-12(8-11)17(23)20-10-16(21)22/h3-9H,2,10H2,1H3,(H,20,23)(H,21,22). The summed E-state index contributed by atoms with van der Waals surface area (Å²) in [5.74, 6) is -0.503. The molecule has 0 atom stereocenters. The van der Waals surface area contributed by atoms with E-state index in [0.29, 0.717) is 35.0 Å². The number of aliphatic carboxylic acids is 1. The number of pyridine rings is 1. The third kappa shape index (κ3) is 3.60. The van der Waals surface area contributed by atoms with Gasteiger partial charge in [0.2, 0.25) is 5.88 Å². The molecule has 3 aromatic rings. The van der Waals surface area contributed by atoms with Crippen LogP contribution in [0.1, 0.15) is 17.3 Å². The van der Waals surface area contributed by atoms with E-state index in [1.807, 2.05) is 13.0 Å². The number of benzene rings is 1. The number of aromatic nitrogens is 1. The molecule has 0 aliphatic carbocycles. The molecule has 2 aromatic heterocycles. The van der Waals surface area contributed by atoms with Crippen molar-refractivity contribution in [3.8, 4) is 17.2 Å². The summed E-state index contributed by atoms with van der Waals surface area (Å²) in [6, 6.07) is 10.3. The number of hydrogen-bond acceptors (Lipinski definition) is 5. The van der Waals surface area contributed by atoms with Crippen molar-refractivity contribution in [3.63, 3.8) is 0 Å². The molecule has 7 nitrogen and oxygen atoms in total. The number of carboxylic acids is 1. The van der Waals surface area contributed by atoms with Gasteiger partial charge in [0.25, 0.3) is 5.91 Å². The SMILES string of the molecule is CCOc1nccc2oc(-c3cccc(C(=O)NCC(=O)O)c3)cc12. The summed E-state index contributed by atoms with van der Waals surface area (Å²) in [5.41, 5.74) is 1.68. The number of carboxylic acid groups (broad SMARTS) is 1. The number of nitrogens with zero attached hydrogens (tertiary/aromatic N) is 1. The minimum Gasteiger partial charge on any atom is -0.480 e. The fourth-order valence-corrected chi connectivity index (χ4v) is 2.40. The Kier molecular flexibility index (Phi) is 4.65. The second kappa shape index (κ2) is 7.04. The average molecular weight is 340 g/mol. The number of amides is 1. The molecular weight excluding hydrogens is 324 g/mol. The summed E-state index contributed by atoms with van der Waals surface area (Å²) < 4.78 is 11.3. The lowest BCUT2D eigenvalue weighted by Gasteiger charge is -2.04. The highest BCUT2D eigenvalue weighted by Gasteiger charge is 2.13. The molecular formula is C18H16N2O5.